The van der Waals surface area contributed by atoms with Gasteiger partial charge in [0.25, 0.3) is 0 Å². The van der Waals surface area contributed by atoms with E-state index in [4.69, 9.17) is 0 Å². The van der Waals surface area contributed by atoms with E-state index in [1.165, 1.54) is 103 Å². The van der Waals surface area contributed by atoms with Crippen molar-refractivity contribution in [2.75, 3.05) is 0 Å². The summed E-state index contributed by atoms with van der Waals surface area (Å²) >= 11 is -1.64. The van der Waals surface area contributed by atoms with Crippen LogP contribution in [-0.4, -0.2) is 13.6 Å². The van der Waals surface area contributed by atoms with Crippen molar-refractivity contribution >= 4 is 13.6 Å². The Bertz CT molecular complexity index is 237. The molecule has 0 N–H and O–H groups in total. The SMILES string of the molecule is CCCCCCC[AsH](CCCCCCC)(CCCCCCC)CCCCCCC. The van der Waals surface area contributed by atoms with E-state index in [1.807, 2.05) is 0 Å². The Balaban J connectivity index is 4.69. The number of hydrogen-bond donors (Lipinski definition) is 0. The molecule has 178 valence electrons. The quantitative estimate of drug-likeness (QED) is 0.0967. The topological polar surface area (TPSA) is 0 Å². The predicted octanol–water partition coefficient (Wildman–Crippen LogP) is 11.0. The van der Waals surface area contributed by atoms with Crippen LogP contribution in [0.5, 0.6) is 0 Å². The molecule has 0 bridgehead atoms. The van der Waals surface area contributed by atoms with E-state index >= 15 is 0 Å². The minimum absolute atomic E-state index is 1.39. The fraction of sp³-hybridized carbons (Fsp3) is 1.00. The maximum absolute atomic E-state index is 2.35. The Morgan fingerprint density at radius 2 is 0.483 bits per heavy atom. The van der Waals surface area contributed by atoms with Crippen LogP contribution in [0.4, 0.5) is 0 Å². The molecule has 0 atom stereocenters. The summed E-state index contributed by atoms with van der Waals surface area (Å²) in [5, 5.41) is 6.89. The average molecular weight is 473 g/mol. The normalized spacial score (nSPS) is 12.6. The van der Waals surface area contributed by atoms with Crippen LogP contribution in [0.25, 0.3) is 0 Å². The number of hydrogen-bond acceptors (Lipinski definition) is 0. The Morgan fingerprint density at radius 1 is 0.276 bits per heavy atom. The summed E-state index contributed by atoms with van der Waals surface area (Å²) in [6.45, 7) is 9.41. The van der Waals surface area contributed by atoms with Crippen molar-refractivity contribution in [3.63, 3.8) is 0 Å². The molecule has 0 saturated carbocycles. The van der Waals surface area contributed by atoms with Gasteiger partial charge in [-0.1, -0.05) is 0 Å². The third-order valence-corrected chi connectivity index (χ3v) is 19.1. The van der Waals surface area contributed by atoms with Gasteiger partial charge in [-0.05, 0) is 0 Å². The second-order valence-corrected chi connectivity index (χ2v) is 20.6. The summed E-state index contributed by atoms with van der Waals surface area (Å²) in [7, 11) is 0. The van der Waals surface area contributed by atoms with Crippen molar-refractivity contribution in [3.05, 3.63) is 0 Å². The number of rotatable bonds is 24. The van der Waals surface area contributed by atoms with Crippen molar-refractivity contribution in [3.8, 4) is 0 Å². The average Bonchev–Trinajstić information content (AvgIpc) is 2.73. The van der Waals surface area contributed by atoms with Gasteiger partial charge >= 0.3 is 190 Å². The van der Waals surface area contributed by atoms with Gasteiger partial charge in [0.1, 0.15) is 0 Å². The first-order chi connectivity index (χ1) is 14.2. The van der Waals surface area contributed by atoms with E-state index in [-0.39, 0.29) is 0 Å². The van der Waals surface area contributed by atoms with E-state index in [0.29, 0.717) is 0 Å². The van der Waals surface area contributed by atoms with Gasteiger partial charge in [-0.3, -0.25) is 0 Å². The van der Waals surface area contributed by atoms with E-state index in [0.717, 1.165) is 0 Å². The van der Waals surface area contributed by atoms with Crippen molar-refractivity contribution < 1.29 is 0 Å². The molecule has 0 aliphatic heterocycles. The van der Waals surface area contributed by atoms with Crippen LogP contribution in [0.15, 0.2) is 0 Å². The molecule has 1 heteroatoms. The fourth-order valence-electron chi connectivity index (χ4n) is 5.16. The Morgan fingerprint density at radius 3 is 0.690 bits per heavy atom. The number of unbranched alkanes of at least 4 members (excludes halogenated alkanes) is 16. The zero-order valence-electron chi connectivity index (χ0n) is 21.5. The maximum atomic E-state index is 2.35. The van der Waals surface area contributed by atoms with Crippen LogP contribution in [0.1, 0.15) is 156 Å². The standard InChI is InChI=1S/C28H61As/c1-5-9-13-17-21-25-29(26-22-18-14-10-6-2,27-23-19-15-11-7-3)28-24-20-16-12-8-4/h29H,5-28H2,1-4H3. The molecule has 0 spiro atoms. The minimum atomic E-state index is -1.64. The summed E-state index contributed by atoms with van der Waals surface area (Å²) in [6, 6.07) is 0. The molecule has 0 aromatic rings. The Hall–Kier alpha value is 0.558. The van der Waals surface area contributed by atoms with Crippen molar-refractivity contribution in [2.24, 2.45) is 0 Å². The second kappa shape index (κ2) is 23.2. The first-order valence-corrected chi connectivity index (χ1v) is 20.2. The van der Waals surface area contributed by atoms with Crippen LogP contribution >= 0.6 is 0 Å². The molecule has 0 heterocycles. The van der Waals surface area contributed by atoms with E-state index in [1.54, 1.807) is 46.5 Å². The zero-order valence-corrected chi connectivity index (χ0v) is 23.6. The summed E-state index contributed by atoms with van der Waals surface area (Å²) in [6.07, 6.45) is 29.8. The first-order valence-electron chi connectivity index (χ1n) is 14.2. The van der Waals surface area contributed by atoms with Gasteiger partial charge in [0.15, 0.2) is 0 Å². The van der Waals surface area contributed by atoms with Gasteiger partial charge < -0.3 is 0 Å². The molecular formula is C28H61As. The Kier molecular flexibility index (Phi) is 23.7. The van der Waals surface area contributed by atoms with E-state index in [2.05, 4.69) is 27.7 Å². The molecule has 0 fully saturated rings. The summed E-state index contributed by atoms with van der Waals surface area (Å²) in [5.41, 5.74) is 0. The van der Waals surface area contributed by atoms with Gasteiger partial charge in [-0.25, -0.2) is 0 Å². The molecular weight excluding hydrogens is 411 g/mol. The molecule has 0 aromatic heterocycles. The molecule has 0 radical (unpaired) electrons. The molecule has 29 heavy (non-hydrogen) atoms. The molecule has 0 amide bonds. The van der Waals surface area contributed by atoms with Crippen LogP contribution < -0.4 is 0 Å². The van der Waals surface area contributed by atoms with E-state index in [9.17, 15) is 0 Å². The first kappa shape index (κ1) is 29.6. The van der Waals surface area contributed by atoms with Crippen LogP contribution in [0.3, 0.4) is 0 Å². The van der Waals surface area contributed by atoms with Crippen molar-refractivity contribution in [1.82, 2.24) is 0 Å². The molecule has 0 aromatic carbocycles. The monoisotopic (exact) mass is 472 g/mol. The molecule has 0 unspecified atom stereocenters. The van der Waals surface area contributed by atoms with Crippen molar-refractivity contribution in [2.45, 2.75) is 177 Å². The van der Waals surface area contributed by atoms with Gasteiger partial charge in [0.05, 0.1) is 0 Å². The van der Waals surface area contributed by atoms with Crippen LogP contribution in [0, 0.1) is 0 Å². The molecule has 0 rings (SSSR count). The molecule has 0 nitrogen and oxygen atoms in total. The van der Waals surface area contributed by atoms with E-state index < -0.39 is 13.6 Å². The second-order valence-electron chi connectivity index (χ2n) is 10.2. The molecule has 0 aliphatic carbocycles. The summed E-state index contributed by atoms with van der Waals surface area (Å²) in [5.74, 6) is 0. The van der Waals surface area contributed by atoms with Crippen LogP contribution in [-0.2, 0) is 0 Å². The zero-order chi connectivity index (χ0) is 21.5. The van der Waals surface area contributed by atoms with Gasteiger partial charge in [-0.2, -0.15) is 0 Å². The third kappa shape index (κ3) is 19.0. The van der Waals surface area contributed by atoms with Crippen molar-refractivity contribution in [1.29, 1.82) is 0 Å². The van der Waals surface area contributed by atoms with Gasteiger partial charge in [0.2, 0.25) is 0 Å². The predicted molar refractivity (Wildman–Crippen MR) is 141 cm³/mol. The molecule has 0 saturated heterocycles. The Labute approximate surface area is 190 Å². The summed E-state index contributed by atoms with van der Waals surface area (Å²) in [4.78, 5) is 0. The fourth-order valence-corrected chi connectivity index (χ4v) is 16.7. The summed E-state index contributed by atoms with van der Waals surface area (Å²) < 4.78 is 0. The van der Waals surface area contributed by atoms with Gasteiger partial charge in [-0.15, -0.1) is 0 Å². The van der Waals surface area contributed by atoms with Gasteiger partial charge in [0, 0.05) is 0 Å². The third-order valence-electron chi connectivity index (χ3n) is 7.24. The van der Waals surface area contributed by atoms with Crippen LogP contribution in [0.2, 0.25) is 20.8 Å². The molecule has 0 aliphatic rings.